The summed E-state index contributed by atoms with van der Waals surface area (Å²) >= 11 is 0. The average Bonchev–Trinajstić information content (AvgIpc) is 2.88. The van der Waals surface area contributed by atoms with E-state index < -0.39 is 48.4 Å². The van der Waals surface area contributed by atoms with Crippen molar-refractivity contribution in [3.05, 3.63) is 12.2 Å². The lowest BCUT2D eigenvalue weighted by atomic mass is 10.1. The van der Waals surface area contributed by atoms with Gasteiger partial charge in [0.05, 0.1) is 0 Å². The fourth-order valence-electron chi connectivity index (χ4n) is 2.55. The van der Waals surface area contributed by atoms with Crippen molar-refractivity contribution in [2.75, 3.05) is 0 Å². The number of fused-ring (bicyclic) bond motifs is 3. The van der Waals surface area contributed by atoms with Crippen LogP contribution in [0.3, 0.4) is 0 Å². The molecule has 0 saturated carbocycles. The van der Waals surface area contributed by atoms with Crippen LogP contribution < -0.4 is 0 Å². The largest absolute Gasteiger partial charge is 0.454 e. The number of rotatable bonds is 2. The van der Waals surface area contributed by atoms with Crippen molar-refractivity contribution in [1.82, 2.24) is 0 Å². The third kappa shape index (κ3) is 2.02. The summed E-state index contributed by atoms with van der Waals surface area (Å²) < 4.78 is 27.1. The summed E-state index contributed by atoms with van der Waals surface area (Å²) in [4.78, 5) is 23.3. The highest BCUT2D eigenvalue weighted by molar-refractivity contribution is 5.90. The molecular weight excluding hydrogens is 268 g/mol. The van der Waals surface area contributed by atoms with E-state index in [1.165, 1.54) is 6.92 Å². The molecule has 3 fully saturated rings. The molecule has 7 heteroatoms. The van der Waals surface area contributed by atoms with E-state index in [2.05, 4.69) is 6.58 Å². The standard InChI is InChI=1S/C13H16O7/c1-5(2)10(14)17-8-6-7(16-11(8)15)9-12(18-6)20-13(3,4)19-9/h6-9,12H,1H2,2-4H3/t6-,7-,8?,9+,12?/m0/s1. The highest BCUT2D eigenvalue weighted by atomic mass is 16.8. The SMILES string of the molecule is C=C(C)C(=O)OC1C(=O)O[C@H]2[C@@H]1OC1OC(C)(C)O[C@@H]12. The van der Waals surface area contributed by atoms with Crippen LogP contribution in [0.2, 0.25) is 0 Å². The maximum absolute atomic E-state index is 11.8. The molecule has 3 rings (SSSR count). The van der Waals surface area contributed by atoms with Gasteiger partial charge in [0.25, 0.3) is 0 Å². The number of esters is 2. The van der Waals surface area contributed by atoms with E-state index in [-0.39, 0.29) is 5.57 Å². The van der Waals surface area contributed by atoms with Crippen molar-refractivity contribution in [3.63, 3.8) is 0 Å². The second kappa shape index (κ2) is 4.28. The topological polar surface area (TPSA) is 80.3 Å². The van der Waals surface area contributed by atoms with E-state index in [1.807, 2.05) is 0 Å². The van der Waals surface area contributed by atoms with Crippen molar-refractivity contribution in [1.29, 1.82) is 0 Å². The highest BCUT2D eigenvalue weighted by Crippen LogP contribution is 2.42. The van der Waals surface area contributed by atoms with E-state index >= 15 is 0 Å². The molecule has 5 atom stereocenters. The molecule has 20 heavy (non-hydrogen) atoms. The average molecular weight is 284 g/mol. The van der Waals surface area contributed by atoms with Gasteiger partial charge in [-0.3, -0.25) is 0 Å². The first-order valence-electron chi connectivity index (χ1n) is 6.36. The quantitative estimate of drug-likeness (QED) is 0.532. The Morgan fingerprint density at radius 3 is 2.60 bits per heavy atom. The summed E-state index contributed by atoms with van der Waals surface area (Å²) in [5.41, 5.74) is 0.202. The number of carbonyl (C=O) groups is 2. The second-order valence-electron chi connectivity index (χ2n) is 5.58. The Labute approximate surface area is 115 Å². The van der Waals surface area contributed by atoms with Crippen LogP contribution in [-0.4, -0.2) is 48.4 Å². The predicted molar refractivity (Wildman–Crippen MR) is 63.3 cm³/mol. The van der Waals surface area contributed by atoms with Gasteiger partial charge in [-0.1, -0.05) is 6.58 Å². The van der Waals surface area contributed by atoms with Gasteiger partial charge < -0.3 is 23.7 Å². The van der Waals surface area contributed by atoms with Gasteiger partial charge >= 0.3 is 11.9 Å². The van der Waals surface area contributed by atoms with Gasteiger partial charge in [-0.2, -0.15) is 0 Å². The lowest BCUT2D eigenvalue weighted by Crippen LogP contribution is -2.37. The van der Waals surface area contributed by atoms with E-state index in [0.29, 0.717) is 0 Å². The molecule has 0 bridgehead atoms. The Balaban J connectivity index is 1.74. The minimum atomic E-state index is -1.11. The molecule has 0 aliphatic carbocycles. The third-order valence-electron chi connectivity index (χ3n) is 3.39. The molecule has 2 unspecified atom stereocenters. The molecule has 3 aliphatic rings. The monoisotopic (exact) mass is 284 g/mol. The highest BCUT2D eigenvalue weighted by Gasteiger charge is 2.64. The van der Waals surface area contributed by atoms with Gasteiger partial charge in [0, 0.05) is 5.57 Å². The van der Waals surface area contributed by atoms with Crippen molar-refractivity contribution in [3.8, 4) is 0 Å². The normalized spacial score (nSPS) is 41.0. The molecule has 0 N–H and O–H groups in total. The van der Waals surface area contributed by atoms with E-state index in [0.717, 1.165) is 0 Å². The molecule has 0 aromatic rings. The zero-order valence-electron chi connectivity index (χ0n) is 11.5. The van der Waals surface area contributed by atoms with Crippen LogP contribution in [-0.2, 0) is 33.3 Å². The lowest BCUT2D eigenvalue weighted by Gasteiger charge is -2.21. The Bertz CT molecular complexity index is 483. The molecule has 3 aliphatic heterocycles. The van der Waals surface area contributed by atoms with Crippen molar-refractivity contribution in [2.45, 2.75) is 57.3 Å². The summed E-state index contributed by atoms with van der Waals surface area (Å²) in [6, 6.07) is 0. The van der Waals surface area contributed by atoms with Crippen LogP contribution >= 0.6 is 0 Å². The third-order valence-corrected chi connectivity index (χ3v) is 3.39. The summed E-state index contributed by atoms with van der Waals surface area (Å²) in [5, 5.41) is 0. The molecule has 7 nitrogen and oxygen atoms in total. The van der Waals surface area contributed by atoms with Crippen LogP contribution in [0.5, 0.6) is 0 Å². The van der Waals surface area contributed by atoms with Gasteiger partial charge in [-0.25, -0.2) is 9.59 Å². The second-order valence-corrected chi connectivity index (χ2v) is 5.58. The Hall–Kier alpha value is -1.44. The van der Waals surface area contributed by atoms with E-state index in [4.69, 9.17) is 23.7 Å². The molecule has 0 amide bonds. The fraction of sp³-hybridized carbons (Fsp3) is 0.692. The number of ether oxygens (including phenoxy) is 5. The minimum Gasteiger partial charge on any atom is -0.454 e. The Kier molecular flexibility index (Phi) is 2.89. The minimum absolute atomic E-state index is 0.202. The van der Waals surface area contributed by atoms with Crippen LogP contribution in [0.4, 0.5) is 0 Å². The van der Waals surface area contributed by atoms with E-state index in [1.54, 1.807) is 13.8 Å². The van der Waals surface area contributed by atoms with Crippen molar-refractivity contribution < 1.29 is 33.3 Å². The van der Waals surface area contributed by atoms with E-state index in [9.17, 15) is 9.59 Å². The number of carbonyl (C=O) groups excluding carboxylic acids is 2. The predicted octanol–water partition coefficient (Wildman–Crippen LogP) is 0.276. The van der Waals surface area contributed by atoms with Crippen molar-refractivity contribution >= 4 is 11.9 Å². The van der Waals surface area contributed by atoms with Gasteiger partial charge in [0.2, 0.25) is 6.10 Å². The molecular formula is C13H16O7. The van der Waals surface area contributed by atoms with Crippen LogP contribution in [0.15, 0.2) is 12.2 Å². The molecule has 0 aromatic carbocycles. The first-order valence-corrected chi connectivity index (χ1v) is 6.36. The van der Waals surface area contributed by atoms with Crippen LogP contribution in [0, 0.1) is 0 Å². The lowest BCUT2D eigenvalue weighted by molar-refractivity contribution is -0.216. The summed E-state index contributed by atoms with van der Waals surface area (Å²) in [6.07, 6.45) is -3.58. The number of hydrogen-bond donors (Lipinski definition) is 0. The molecule has 0 spiro atoms. The summed E-state index contributed by atoms with van der Waals surface area (Å²) in [6.45, 7) is 8.46. The first kappa shape index (κ1) is 13.5. The smallest absolute Gasteiger partial charge is 0.350 e. The Morgan fingerprint density at radius 1 is 1.25 bits per heavy atom. The first-order chi connectivity index (χ1) is 9.28. The molecule has 0 aromatic heterocycles. The fourth-order valence-corrected chi connectivity index (χ4v) is 2.55. The zero-order valence-corrected chi connectivity index (χ0v) is 11.5. The molecule has 0 radical (unpaired) electrons. The maximum atomic E-state index is 11.8. The number of hydrogen-bond acceptors (Lipinski definition) is 7. The maximum Gasteiger partial charge on any atom is 0.350 e. The van der Waals surface area contributed by atoms with Gasteiger partial charge in [0.1, 0.15) is 6.10 Å². The zero-order chi connectivity index (χ0) is 14.7. The van der Waals surface area contributed by atoms with Crippen LogP contribution in [0.1, 0.15) is 20.8 Å². The van der Waals surface area contributed by atoms with Crippen LogP contribution in [0.25, 0.3) is 0 Å². The Morgan fingerprint density at radius 2 is 1.95 bits per heavy atom. The summed E-state index contributed by atoms with van der Waals surface area (Å²) in [5.74, 6) is -2.09. The van der Waals surface area contributed by atoms with Gasteiger partial charge in [0.15, 0.2) is 24.3 Å². The van der Waals surface area contributed by atoms with Gasteiger partial charge in [-0.15, -0.1) is 0 Å². The summed E-state index contributed by atoms with van der Waals surface area (Å²) in [7, 11) is 0. The van der Waals surface area contributed by atoms with Crippen molar-refractivity contribution in [2.24, 2.45) is 0 Å². The molecule has 110 valence electrons. The molecule has 3 heterocycles. The van der Waals surface area contributed by atoms with Gasteiger partial charge in [-0.05, 0) is 20.8 Å². The molecule has 3 saturated heterocycles.